The summed E-state index contributed by atoms with van der Waals surface area (Å²) >= 11 is 1.66. The number of ether oxygens (including phenoxy) is 1. The van der Waals surface area contributed by atoms with Crippen molar-refractivity contribution in [2.45, 2.75) is 18.9 Å². The smallest absolute Gasteiger partial charge is 0.321 e. The van der Waals surface area contributed by atoms with Crippen molar-refractivity contribution in [3.05, 3.63) is 29.6 Å². The molecule has 2 aliphatic rings. The first-order valence-corrected chi connectivity index (χ1v) is 11.1. The standard InChI is InChI=1S/C21H29N5O2S/c1-24-9-3-4-18(14-24)25(2)20(27)22-17-7-5-16(6-8-17)19-15-29-21(23-19)26-10-12-28-13-11-26/h5-8,15,18H,3-4,9-14H2,1-2H3,(H,22,27). The van der Waals surface area contributed by atoms with Gasteiger partial charge in [-0.1, -0.05) is 12.1 Å². The molecule has 0 aliphatic carbocycles. The van der Waals surface area contributed by atoms with Gasteiger partial charge in [0.2, 0.25) is 0 Å². The quantitative estimate of drug-likeness (QED) is 0.831. The van der Waals surface area contributed by atoms with Gasteiger partial charge < -0.3 is 24.8 Å². The van der Waals surface area contributed by atoms with Gasteiger partial charge in [-0.2, -0.15) is 0 Å². The normalized spacial score (nSPS) is 20.5. The number of aromatic nitrogens is 1. The van der Waals surface area contributed by atoms with Gasteiger partial charge in [-0.05, 0) is 38.6 Å². The number of benzene rings is 1. The molecule has 0 saturated carbocycles. The maximum atomic E-state index is 12.6. The first kappa shape index (κ1) is 20.1. The minimum absolute atomic E-state index is 0.0543. The van der Waals surface area contributed by atoms with Crippen molar-refractivity contribution in [2.75, 3.05) is 63.7 Å². The van der Waals surface area contributed by atoms with Crippen molar-refractivity contribution in [3.63, 3.8) is 0 Å². The second-order valence-corrected chi connectivity index (χ2v) is 8.63. The zero-order chi connectivity index (χ0) is 20.2. The summed E-state index contributed by atoms with van der Waals surface area (Å²) in [6, 6.07) is 8.14. The Hall–Kier alpha value is -2.16. The largest absolute Gasteiger partial charge is 0.378 e. The van der Waals surface area contributed by atoms with E-state index in [0.29, 0.717) is 0 Å². The highest BCUT2D eigenvalue weighted by Gasteiger charge is 2.24. The molecule has 4 rings (SSSR count). The summed E-state index contributed by atoms with van der Waals surface area (Å²) in [4.78, 5) is 23.8. The predicted octanol–water partition coefficient (Wildman–Crippen LogP) is 3.20. The van der Waals surface area contributed by atoms with Gasteiger partial charge in [0.25, 0.3) is 0 Å². The van der Waals surface area contributed by atoms with E-state index in [1.54, 1.807) is 11.3 Å². The lowest BCUT2D eigenvalue weighted by Crippen LogP contribution is -2.48. The highest BCUT2D eigenvalue weighted by atomic mass is 32.1. The Morgan fingerprint density at radius 3 is 2.72 bits per heavy atom. The van der Waals surface area contributed by atoms with Crippen LogP contribution in [-0.2, 0) is 4.74 Å². The van der Waals surface area contributed by atoms with E-state index in [4.69, 9.17) is 9.72 Å². The van der Waals surface area contributed by atoms with Crippen molar-refractivity contribution in [3.8, 4) is 11.3 Å². The number of thiazole rings is 1. The Kier molecular flexibility index (Phi) is 6.32. The predicted molar refractivity (Wildman–Crippen MR) is 118 cm³/mol. The molecule has 1 atom stereocenters. The third-order valence-electron chi connectivity index (χ3n) is 5.67. The molecule has 2 fully saturated rings. The number of hydrogen-bond donors (Lipinski definition) is 1. The molecule has 7 nitrogen and oxygen atoms in total. The van der Waals surface area contributed by atoms with Gasteiger partial charge in [-0.15, -0.1) is 11.3 Å². The van der Waals surface area contributed by atoms with Crippen LogP contribution in [0.25, 0.3) is 11.3 Å². The van der Waals surface area contributed by atoms with E-state index in [2.05, 4.69) is 27.5 Å². The lowest BCUT2D eigenvalue weighted by atomic mass is 10.1. The van der Waals surface area contributed by atoms with Crippen molar-refractivity contribution in [2.24, 2.45) is 0 Å². The summed E-state index contributed by atoms with van der Waals surface area (Å²) < 4.78 is 5.41. The molecule has 2 amide bonds. The average Bonchev–Trinajstić information content (AvgIpc) is 3.25. The highest BCUT2D eigenvalue weighted by molar-refractivity contribution is 7.14. The number of piperidine rings is 1. The van der Waals surface area contributed by atoms with E-state index in [9.17, 15) is 4.79 Å². The van der Waals surface area contributed by atoms with Gasteiger partial charge in [-0.25, -0.2) is 9.78 Å². The molecule has 0 radical (unpaired) electrons. The maximum Gasteiger partial charge on any atom is 0.321 e. The van der Waals surface area contributed by atoms with Crippen LogP contribution in [0.15, 0.2) is 29.6 Å². The number of urea groups is 1. The summed E-state index contributed by atoms with van der Waals surface area (Å²) in [6.45, 7) is 5.34. The number of likely N-dealkylation sites (N-methyl/N-ethyl adjacent to an activating group) is 2. The number of morpholine rings is 1. The topological polar surface area (TPSA) is 60.9 Å². The summed E-state index contributed by atoms with van der Waals surface area (Å²) in [5.74, 6) is 0. The van der Waals surface area contributed by atoms with Gasteiger partial charge in [0.05, 0.1) is 18.9 Å². The van der Waals surface area contributed by atoms with Crippen LogP contribution < -0.4 is 10.2 Å². The first-order chi connectivity index (χ1) is 14.1. The van der Waals surface area contributed by atoms with Crippen molar-refractivity contribution in [1.82, 2.24) is 14.8 Å². The third-order valence-corrected chi connectivity index (χ3v) is 6.57. The zero-order valence-corrected chi connectivity index (χ0v) is 18.0. The van der Waals surface area contributed by atoms with E-state index < -0.39 is 0 Å². The summed E-state index contributed by atoms with van der Waals surface area (Å²) in [7, 11) is 4.00. The lowest BCUT2D eigenvalue weighted by Gasteiger charge is -2.35. The second-order valence-electron chi connectivity index (χ2n) is 7.79. The zero-order valence-electron chi connectivity index (χ0n) is 17.1. The number of likely N-dealkylation sites (tertiary alicyclic amines) is 1. The lowest BCUT2D eigenvalue weighted by molar-refractivity contribution is 0.122. The maximum absolute atomic E-state index is 12.6. The minimum atomic E-state index is -0.0543. The summed E-state index contributed by atoms with van der Waals surface area (Å²) in [6.07, 6.45) is 2.19. The molecule has 0 bridgehead atoms. The third kappa shape index (κ3) is 4.88. The van der Waals surface area contributed by atoms with Crippen LogP contribution in [0.1, 0.15) is 12.8 Å². The van der Waals surface area contributed by atoms with Crippen LogP contribution in [0.2, 0.25) is 0 Å². The number of rotatable bonds is 4. The van der Waals surface area contributed by atoms with Crippen LogP contribution in [0.5, 0.6) is 0 Å². The molecule has 2 aromatic rings. The van der Waals surface area contributed by atoms with Crippen LogP contribution in [0.4, 0.5) is 15.6 Å². The molecule has 2 saturated heterocycles. The number of anilines is 2. The number of carbonyl (C=O) groups is 1. The van der Waals surface area contributed by atoms with Crippen molar-refractivity contribution in [1.29, 1.82) is 0 Å². The number of nitrogens with zero attached hydrogens (tertiary/aromatic N) is 4. The van der Waals surface area contributed by atoms with Crippen LogP contribution in [-0.4, -0.2) is 80.3 Å². The molecule has 3 heterocycles. The Labute approximate surface area is 176 Å². The number of hydrogen-bond acceptors (Lipinski definition) is 6. The molecule has 2 aliphatic heterocycles. The minimum Gasteiger partial charge on any atom is -0.378 e. The Balaban J connectivity index is 1.36. The van der Waals surface area contributed by atoms with E-state index in [1.165, 1.54) is 0 Å². The van der Waals surface area contributed by atoms with E-state index in [1.807, 2.05) is 36.2 Å². The molecule has 1 N–H and O–H groups in total. The number of carbonyl (C=O) groups excluding carboxylic acids is 1. The Morgan fingerprint density at radius 1 is 1.24 bits per heavy atom. The van der Waals surface area contributed by atoms with Gasteiger partial charge in [0.1, 0.15) is 0 Å². The van der Waals surface area contributed by atoms with E-state index in [0.717, 1.165) is 74.3 Å². The van der Waals surface area contributed by atoms with Crippen LogP contribution in [0, 0.1) is 0 Å². The fourth-order valence-electron chi connectivity index (χ4n) is 3.85. The monoisotopic (exact) mass is 415 g/mol. The average molecular weight is 416 g/mol. The molecule has 0 spiro atoms. The fourth-order valence-corrected chi connectivity index (χ4v) is 4.74. The molecular weight excluding hydrogens is 386 g/mol. The molecule has 1 unspecified atom stereocenters. The van der Waals surface area contributed by atoms with Gasteiger partial charge in [0, 0.05) is 49.4 Å². The SMILES string of the molecule is CN1CCCC(N(C)C(=O)Nc2ccc(-c3csc(N4CCOCC4)n3)cc2)C1. The molecule has 29 heavy (non-hydrogen) atoms. The van der Waals surface area contributed by atoms with Gasteiger partial charge in [-0.3, -0.25) is 0 Å². The fraction of sp³-hybridized carbons (Fsp3) is 0.524. The molecule has 156 valence electrons. The summed E-state index contributed by atoms with van der Waals surface area (Å²) in [5.41, 5.74) is 2.83. The van der Waals surface area contributed by atoms with E-state index >= 15 is 0 Å². The number of amides is 2. The highest BCUT2D eigenvalue weighted by Crippen LogP contribution is 2.28. The molecule has 8 heteroatoms. The van der Waals surface area contributed by atoms with Crippen molar-refractivity contribution < 1.29 is 9.53 Å². The molecule has 1 aromatic carbocycles. The van der Waals surface area contributed by atoms with Crippen LogP contribution >= 0.6 is 11.3 Å². The summed E-state index contributed by atoms with van der Waals surface area (Å²) in [5, 5.41) is 6.15. The van der Waals surface area contributed by atoms with Gasteiger partial charge >= 0.3 is 6.03 Å². The Morgan fingerprint density at radius 2 is 2.00 bits per heavy atom. The molecule has 1 aromatic heterocycles. The molecular formula is C21H29N5O2S. The van der Waals surface area contributed by atoms with Crippen LogP contribution in [0.3, 0.4) is 0 Å². The number of nitrogens with one attached hydrogen (secondary N) is 1. The first-order valence-electron chi connectivity index (χ1n) is 10.2. The Bertz CT molecular complexity index is 819. The van der Waals surface area contributed by atoms with E-state index in [-0.39, 0.29) is 12.1 Å². The second kappa shape index (κ2) is 9.11. The van der Waals surface area contributed by atoms with Gasteiger partial charge in [0.15, 0.2) is 5.13 Å². The van der Waals surface area contributed by atoms with Crippen molar-refractivity contribution >= 4 is 28.2 Å².